The summed E-state index contributed by atoms with van der Waals surface area (Å²) in [6.07, 6.45) is 4.15. The molecule has 0 unspecified atom stereocenters. The van der Waals surface area contributed by atoms with Gasteiger partial charge in [-0.1, -0.05) is 25.3 Å². The number of carbonyl (C=O) groups excluding carboxylic acids is 2. The number of amides is 2. The van der Waals surface area contributed by atoms with E-state index in [0.29, 0.717) is 24.2 Å². The molecular weight excluding hydrogens is 421 g/mol. The highest BCUT2D eigenvalue weighted by molar-refractivity contribution is 7.89. The predicted molar refractivity (Wildman–Crippen MR) is 117 cm³/mol. The number of rotatable bonds is 7. The summed E-state index contributed by atoms with van der Waals surface area (Å²) in [5.41, 5.74) is 0.965. The highest BCUT2D eigenvalue weighted by Gasteiger charge is 2.34. The van der Waals surface area contributed by atoms with Gasteiger partial charge in [-0.15, -0.1) is 0 Å². The average Bonchev–Trinajstić information content (AvgIpc) is 2.72. The molecule has 0 bridgehead atoms. The lowest BCUT2D eigenvalue weighted by Gasteiger charge is -2.33. The second-order valence-electron chi connectivity index (χ2n) is 7.61. The average molecular weight is 448 g/mol. The van der Waals surface area contributed by atoms with Crippen LogP contribution in [-0.2, 0) is 19.6 Å². The van der Waals surface area contributed by atoms with Gasteiger partial charge in [-0.25, -0.2) is 12.8 Å². The number of nitrogens with zero attached hydrogens (tertiary/aromatic N) is 1. The van der Waals surface area contributed by atoms with E-state index < -0.39 is 21.7 Å². The van der Waals surface area contributed by atoms with Crippen LogP contribution in [0.15, 0.2) is 53.4 Å². The Kier molecular flexibility index (Phi) is 7.40. The van der Waals surface area contributed by atoms with Gasteiger partial charge in [-0.2, -0.15) is 4.31 Å². The molecule has 0 aliphatic heterocycles. The second kappa shape index (κ2) is 10.0. The molecule has 2 aromatic carbocycles. The summed E-state index contributed by atoms with van der Waals surface area (Å²) < 4.78 is 41.1. The van der Waals surface area contributed by atoms with Crippen molar-refractivity contribution in [1.82, 2.24) is 4.31 Å². The summed E-state index contributed by atoms with van der Waals surface area (Å²) in [5, 5.41) is 5.34. The number of benzene rings is 2. The van der Waals surface area contributed by atoms with Crippen LogP contribution < -0.4 is 10.6 Å². The quantitative estimate of drug-likeness (QED) is 0.676. The molecule has 9 heteroatoms. The fourth-order valence-corrected chi connectivity index (χ4v) is 5.38. The zero-order valence-corrected chi connectivity index (χ0v) is 18.1. The smallest absolute Gasteiger partial charge is 0.243 e. The maximum Gasteiger partial charge on any atom is 0.243 e. The molecule has 31 heavy (non-hydrogen) atoms. The lowest BCUT2D eigenvalue weighted by Crippen LogP contribution is -2.45. The van der Waals surface area contributed by atoms with Crippen LogP contribution in [0.3, 0.4) is 0 Å². The molecule has 2 aromatic rings. The lowest BCUT2D eigenvalue weighted by molar-refractivity contribution is -0.117. The lowest BCUT2D eigenvalue weighted by atomic mass is 9.95. The van der Waals surface area contributed by atoms with Gasteiger partial charge in [0.15, 0.2) is 0 Å². The molecule has 166 valence electrons. The minimum absolute atomic E-state index is 0.0417. The molecule has 0 saturated heterocycles. The minimum atomic E-state index is -3.98. The van der Waals surface area contributed by atoms with Crippen LogP contribution in [-0.4, -0.2) is 37.1 Å². The van der Waals surface area contributed by atoms with E-state index in [1.54, 1.807) is 24.3 Å². The first kappa shape index (κ1) is 22.9. The summed E-state index contributed by atoms with van der Waals surface area (Å²) in [4.78, 5) is 24.0. The normalized spacial score (nSPS) is 14.9. The number of sulfonamides is 1. The molecular formula is C22H26FN3O4S. The molecule has 1 saturated carbocycles. The molecule has 1 fully saturated rings. The van der Waals surface area contributed by atoms with E-state index in [-0.39, 0.29) is 23.4 Å². The summed E-state index contributed by atoms with van der Waals surface area (Å²) >= 11 is 0. The van der Waals surface area contributed by atoms with E-state index in [4.69, 9.17) is 0 Å². The Morgan fingerprint density at radius 3 is 2.23 bits per heavy atom. The Balaban J connectivity index is 1.81. The number of anilines is 2. The van der Waals surface area contributed by atoms with Gasteiger partial charge in [0.05, 0.1) is 11.4 Å². The third kappa shape index (κ3) is 6.11. The van der Waals surface area contributed by atoms with Gasteiger partial charge in [-0.3, -0.25) is 9.59 Å². The number of nitrogens with one attached hydrogen (secondary N) is 2. The molecule has 2 N–H and O–H groups in total. The second-order valence-corrected chi connectivity index (χ2v) is 9.50. The SMILES string of the molecule is CC(=O)Nc1cccc(NC(=O)CN(C2CCCCC2)S(=O)(=O)c2ccc(F)cc2)c1. The van der Waals surface area contributed by atoms with Crippen LogP contribution in [0.25, 0.3) is 0 Å². The van der Waals surface area contributed by atoms with Crippen molar-refractivity contribution < 1.29 is 22.4 Å². The molecule has 2 amide bonds. The third-order valence-electron chi connectivity index (χ3n) is 5.17. The minimum Gasteiger partial charge on any atom is -0.326 e. The fraction of sp³-hybridized carbons (Fsp3) is 0.364. The number of halogens is 1. The fourth-order valence-electron chi connectivity index (χ4n) is 3.74. The zero-order chi connectivity index (χ0) is 22.4. The van der Waals surface area contributed by atoms with Crippen molar-refractivity contribution in [1.29, 1.82) is 0 Å². The van der Waals surface area contributed by atoms with Crippen molar-refractivity contribution in [3.8, 4) is 0 Å². The van der Waals surface area contributed by atoms with E-state index in [9.17, 15) is 22.4 Å². The van der Waals surface area contributed by atoms with Gasteiger partial charge in [-0.05, 0) is 55.3 Å². The molecule has 0 atom stereocenters. The molecule has 0 heterocycles. The van der Waals surface area contributed by atoms with Crippen molar-refractivity contribution in [2.24, 2.45) is 0 Å². The topological polar surface area (TPSA) is 95.6 Å². The third-order valence-corrected chi connectivity index (χ3v) is 7.08. The first-order valence-electron chi connectivity index (χ1n) is 10.2. The van der Waals surface area contributed by atoms with Crippen molar-refractivity contribution in [3.05, 3.63) is 54.3 Å². The van der Waals surface area contributed by atoms with Crippen LogP contribution in [0, 0.1) is 5.82 Å². The predicted octanol–water partition coefficient (Wildman–Crippen LogP) is 3.75. The summed E-state index contributed by atoms with van der Waals surface area (Å²) in [6.45, 7) is 1.03. The Morgan fingerprint density at radius 2 is 1.61 bits per heavy atom. The maximum atomic E-state index is 13.3. The van der Waals surface area contributed by atoms with Gasteiger partial charge in [0.2, 0.25) is 21.8 Å². The monoisotopic (exact) mass is 447 g/mol. The van der Waals surface area contributed by atoms with Crippen LogP contribution in [0.5, 0.6) is 0 Å². The summed E-state index contributed by atoms with van der Waals surface area (Å²) in [7, 11) is -3.98. The van der Waals surface area contributed by atoms with Crippen LogP contribution in [0.1, 0.15) is 39.0 Å². The highest BCUT2D eigenvalue weighted by atomic mass is 32.2. The van der Waals surface area contributed by atoms with Crippen molar-refractivity contribution in [2.75, 3.05) is 17.2 Å². The molecule has 7 nitrogen and oxygen atoms in total. The Bertz CT molecular complexity index is 1030. The first-order chi connectivity index (χ1) is 14.8. The first-order valence-corrected chi connectivity index (χ1v) is 11.6. The maximum absolute atomic E-state index is 13.3. The van der Waals surface area contributed by atoms with Crippen molar-refractivity contribution >= 4 is 33.2 Å². The van der Waals surface area contributed by atoms with E-state index >= 15 is 0 Å². The van der Waals surface area contributed by atoms with Gasteiger partial charge >= 0.3 is 0 Å². The highest BCUT2D eigenvalue weighted by Crippen LogP contribution is 2.28. The van der Waals surface area contributed by atoms with Crippen LogP contribution >= 0.6 is 0 Å². The molecule has 1 aliphatic rings. The van der Waals surface area contributed by atoms with E-state index in [1.165, 1.54) is 23.4 Å². The van der Waals surface area contributed by atoms with Gasteiger partial charge in [0.1, 0.15) is 5.82 Å². The Labute approximate surface area is 181 Å². The van der Waals surface area contributed by atoms with E-state index in [1.807, 2.05) is 0 Å². The molecule has 0 aromatic heterocycles. The Hall–Kier alpha value is -2.78. The molecule has 0 spiro atoms. The van der Waals surface area contributed by atoms with Crippen molar-refractivity contribution in [2.45, 2.75) is 50.0 Å². The molecule has 1 aliphatic carbocycles. The van der Waals surface area contributed by atoms with E-state index in [2.05, 4.69) is 10.6 Å². The number of hydrogen-bond donors (Lipinski definition) is 2. The Morgan fingerprint density at radius 1 is 1.00 bits per heavy atom. The number of hydrogen-bond acceptors (Lipinski definition) is 4. The zero-order valence-electron chi connectivity index (χ0n) is 17.3. The van der Waals surface area contributed by atoms with Crippen LogP contribution in [0.4, 0.5) is 15.8 Å². The molecule has 0 radical (unpaired) electrons. The largest absolute Gasteiger partial charge is 0.326 e. The van der Waals surface area contributed by atoms with Gasteiger partial charge < -0.3 is 10.6 Å². The standard InChI is InChI=1S/C22H26FN3O4S/c1-16(27)24-18-6-5-7-19(14-18)25-22(28)15-26(20-8-3-2-4-9-20)31(29,30)21-12-10-17(23)11-13-21/h5-7,10-14,20H,2-4,8-9,15H2,1H3,(H,24,27)(H,25,28). The van der Waals surface area contributed by atoms with Crippen LogP contribution in [0.2, 0.25) is 0 Å². The number of carbonyl (C=O) groups is 2. The summed E-state index contributed by atoms with van der Waals surface area (Å²) in [6, 6.07) is 10.9. The molecule has 3 rings (SSSR count). The summed E-state index contributed by atoms with van der Waals surface area (Å²) in [5.74, 6) is -1.26. The van der Waals surface area contributed by atoms with Gasteiger partial charge in [0.25, 0.3) is 0 Å². The van der Waals surface area contributed by atoms with Gasteiger partial charge in [0, 0.05) is 24.3 Å². The van der Waals surface area contributed by atoms with E-state index in [0.717, 1.165) is 31.4 Å². The van der Waals surface area contributed by atoms with Crippen molar-refractivity contribution in [3.63, 3.8) is 0 Å².